The Kier molecular flexibility index (Phi) is 4.48. The minimum absolute atomic E-state index is 0.0385. The van der Waals surface area contributed by atoms with E-state index in [1.54, 1.807) is 13.8 Å². The smallest absolute Gasteiger partial charge is 0.245 e. The van der Waals surface area contributed by atoms with E-state index < -0.39 is 15.8 Å². The zero-order valence-corrected chi connectivity index (χ0v) is 11.3. The maximum atomic E-state index is 13.2. The van der Waals surface area contributed by atoms with E-state index in [0.29, 0.717) is 5.57 Å². The summed E-state index contributed by atoms with van der Waals surface area (Å²) >= 11 is 0. The summed E-state index contributed by atoms with van der Waals surface area (Å²) in [5.74, 6) is -0.630. The molecule has 18 heavy (non-hydrogen) atoms. The first kappa shape index (κ1) is 14.7. The molecule has 0 aromatic heterocycles. The van der Waals surface area contributed by atoms with Gasteiger partial charge in [0, 0.05) is 13.1 Å². The summed E-state index contributed by atoms with van der Waals surface area (Å²) in [6.45, 7) is 7.57. The molecule has 1 rings (SSSR count). The van der Waals surface area contributed by atoms with E-state index in [9.17, 15) is 12.8 Å². The molecular formula is C12H17FN2O2S. The average molecular weight is 272 g/mol. The molecule has 0 unspecified atom stereocenters. The van der Waals surface area contributed by atoms with E-state index in [-0.39, 0.29) is 23.7 Å². The Morgan fingerprint density at radius 2 is 2.11 bits per heavy atom. The van der Waals surface area contributed by atoms with Crippen LogP contribution in [0.4, 0.5) is 10.1 Å². The van der Waals surface area contributed by atoms with Gasteiger partial charge in [0.05, 0.1) is 5.69 Å². The third-order valence-electron chi connectivity index (χ3n) is 2.39. The topological polar surface area (TPSA) is 63.4 Å². The van der Waals surface area contributed by atoms with Crippen LogP contribution in [-0.4, -0.2) is 25.8 Å². The highest BCUT2D eigenvalue weighted by atomic mass is 32.2. The summed E-state index contributed by atoms with van der Waals surface area (Å²) in [6.07, 6.45) is 0. The number of rotatable bonds is 5. The van der Waals surface area contributed by atoms with Crippen molar-refractivity contribution in [1.82, 2.24) is 4.31 Å². The first-order valence-electron chi connectivity index (χ1n) is 5.48. The summed E-state index contributed by atoms with van der Waals surface area (Å²) in [7, 11) is -3.79. The van der Waals surface area contributed by atoms with Gasteiger partial charge < -0.3 is 5.73 Å². The Balaban J connectivity index is 3.26. The SMILES string of the molecule is C=C(C)CN(CC)S(=O)(=O)c1cc(F)ccc1N. The van der Waals surface area contributed by atoms with Crippen LogP contribution in [0.25, 0.3) is 0 Å². The fraction of sp³-hybridized carbons (Fsp3) is 0.333. The molecule has 0 bridgehead atoms. The standard InChI is InChI=1S/C12H17FN2O2S/c1-4-15(8-9(2)3)18(16,17)12-7-10(13)5-6-11(12)14/h5-7H,2,4,8,14H2,1,3H3. The zero-order chi connectivity index (χ0) is 13.9. The van der Waals surface area contributed by atoms with Crippen molar-refractivity contribution in [2.24, 2.45) is 0 Å². The van der Waals surface area contributed by atoms with Gasteiger partial charge in [-0.15, -0.1) is 0 Å². The van der Waals surface area contributed by atoms with Crippen molar-refractivity contribution >= 4 is 15.7 Å². The van der Waals surface area contributed by atoms with Crippen LogP contribution in [0.5, 0.6) is 0 Å². The minimum atomic E-state index is -3.79. The van der Waals surface area contributed by atoms with Crippen LogP contribution in [-0.2, 0) is 10.0 Å². The van der Waals surface area contributed by atoms with Crippen molar-refractivity contribution in [3.05, 3.63) is 36.2 Å². The van der Waals surface area contributed by atoms with Crippen LogP contribution in [0.15, 0.2) is 35.2 Å². The lowest BCUT2D eigenvalue weighted by molar-refractivity contribution is 0.452. The highest BCUT2D eigenvalue weighted by Gasteiger charge is 2.25. The molecule has 1 aromatic carbocycles. The van der Waals surface area contributed by atoms with Crippen molar-refractivity contribution in [2.45, 2.75) is 18.7 Å². The number of nitrogens with zero attached hydrogens (tertiary/aromatic N) is 1. The van der Waals surface area contributed by atoms with Gasteiger partial charge in [0.25, 0.3) is 0 Å². The van der Waals surface area contributed by atoms with Crippen LogP contribution in [0.2, 0.25) is 0 Å². The highest BCUT2D eigenvalue weighted by molar-refractivity contribution is 7.89. The van der Waals surface area contributed by atoms with Crippen LogP contribution in [0.1, 0.15) is 13.8 Å². The van der Waals surface area contributed by atoms with Crippen molar-refractivity contribution in [1.29, 1.82) is 0 Å². The van der Waals surface area contributed by atoms with Gasteiger partial charge in [-0.1, -0.05) is 19.1 Å². The third-order valence-corrected chi connectivity index (χ3v) is 4.37. The van der Waals surface area contributed by atoms with Gasteiger partial charge in [0.1, 0.15) is 10.7 Å². The van der Waals surface area contributed by atoms with Gasteiger partial charge in [-0.05, 0) is 25.1 Å². The van der Waals surface area contributed by atoms with Crippen LogP contribution in [0, 0.1) is 5.82 Å². The molecule has 100 valence electrons. The molecule has 0 saturated carbocycles. The molecule has 6 heteroatoms. The van der Waals surface area contributed by atoms with Gasteiger partial charge in [-0.3, -0.25) is 0 Å². The Labute approximate surface area is 107 Å². The maximum Gasteiger partial charge on any atom is 0.245 e. The second kappa shape index (κ2) is 5.49. The Morgan fingerprint density at radius 3 is 2.61 bits per heavy atom. The van der Waals surface area contributed by atoms with E-state index in [2.05, 4.69) is 6.58 Å². The number of likely N-dealkylation sites (N-methyl/N-ethyl adjacent to an activating group) is 1. The number of hydrogen-bond donors (Lipinski definition) is 1. The quantitative estimate of drug-likeness (QED) is 0.658. The van der Waals surface area contributed by atoms with E-state index in [1.807, 2.05) is 0 Å². The molecule has 0 aliphatic heterocycles. The molecule has 0 aliphatic rings. The number of benzene rings is 1. The first-order chi connectivity index (χ1) is 8.28. The van der Waals surface area contributed by atoms with Crippen LogP contribution in [0.3, 0.4) is 0 Å². The fourth-order valence-corrected chi connectivity index (χ4v) is 3.17. The van der Waals surface area contributed by atoms with Gasteiger partial charge in [0.2, 0.25) is 10.0 Å². The van der Waals surface area contributed by atoms with Gasteiger partial charge in [0.15, 0.2) is 0 Å². The lowest BCUT2D eigenvalue weighted by atomic mass is 10.3. The van der Waals surface area contributed by atoms with Crippen LogP contribution < -0.4 is 5.73 Å². The normalized spacial score (nSPS) is 11.8. The summed E-state index contributed by atoms with van der Waals surface area (Å²) in [4.78, 5) is -0.203. The molecule has 0 aliphatic carbocycles. The molecule has 0 saturated heterocycles. The van der Waals surface area contributed by atoms with Gasteiger partial charge in [-0.25, -0.2) is 12.8 Å². The fourth-order valence-electron chi connectivity index (χ4n) is 1.54. The van der Waals surface area contributed by atoms with Crippen molar-refractivity contribution in [2.75, 3.05) is 18.8 Å². The number of nitrogens with two attached hydrogens (primary N) is 1. The second-order valence-corrected chi connectivity index (χ2v) is 5.98. The first-order valence-corrected chi connectivity index (χ1v) is 6.92. The highest BCUT2D eigenvalue weighted by Crippen LogP contribution is 2.23. The molecule has 0 amide bonds. The molecule has 0 spiro atoms. The molecule has 0 fully saturated rings. The van der Waals surface area contributed by atoms with Crippen molar-refractivity contribution < 1.29 is 12.8 Å². The largest absolute Gasteiger partial charge is 0.398 e. The molecular weight excluding hydrogens is 255 g/mol. The lowest BCUT2D eigenvalue weighted by Gasteiger charge is -2.21. The summed E-state index contributed by atoms with van der Waals surface area (Å²) in [5, 5.41) is 0. The van der Waals surface area contributed by atoms with Crippen molar-refractivity contribution in [3.8, 4) is 0 Å². The summed E-state index contributed by atoms with van der Waals surface area (Å²) < 4.78 is 39.0. The molecule has 0 heterocycles. The number of halogens is 1. The predicted molar refractivity (Wildman–Crippen MR) is 70.1 cm³/mol. The monoisotopic (exact) mass is 272 g/mol. The number of nitrogen functional groups attached to an aromatic ring is 1. The van der Waals surface area contributed by atoms with Gasteiger partial charge in [-0.2, -0.15) is 4.31 Å². The Hall–Kier alpha value is -1.40. The zero-order valence-electron chi connectivity index (χ0n) is 10.5. The Morgan fingerprint density at radius 1 is 1.50 bits per heavy atom. The molecule has 4 nitrogen and oxygen atoms in total. The number of hydrogen-bond acceptors (Lipinski definition) is 3. The Bertz CT molecular complexity index is 555. The molecule has 0 atom stereocenters. The van der Waals surface area contributed by atoms with E-state index in [4.69, 9.17) is 5.73 Å². The number of sulfonamides is 1. The summed E-state index contributed by atoms with van der Waals surface area (Å²) in [5.41, 5.74) is 6.35. The third kappa shape index (κ3) is 3.08. The molecule has 1 aromatic rings. The van der Waals surface area contributed by atoms with E-state index in [0.717, 1.165) is 12.1 Å². The minimum Gasteiger partial charge on any atom is -0.398 e. The van der Waals surface area contributed by atoms with E-state index in [1.165, 1.54) is 10.4 Å². The van der Waals surface area contributed by atoms with Crippen LogP contribution >= 0.6 is 0 Å². The van der Waals surface area contributed by atoms with E-state index >= 15 is 0 Å². The molecule has 2 N–H and O–H groups in total. The molecule has 0 radical (unpaired) electrons. The number of anilines is 1. The predicted octanol–water partition coefficient (Wildman–Crippen LogP) is 1.99. The lowest BCUT2D eigenvalue weighted by Crippen LogP contribution is -2.32. The average Bonchev–Trinajstić information content (AvgIpc) is 2.28. The second-order valence-electron chi connectivity index (χ2n) is 4.07. The maximum absolute atomic E-state index is 13.2. The summed E-state index contributed by atoms with van der Waals surface area (Å²) in [6, 6.07) is 3.31. The van der Waals surface area contributed by atoms with Gasteiger partial charge >= 0.3 is 0 Å². The van der Waals surface area contributed by atoms with Crippen molar-refractivity contribution in [3.63, 3.8) is 0 Å².